The smallest absolute Gasteiger partial charge is 0.248 e. The molecule has 0 aliphatic carbocycles. The van der Waals surface area contributed by atoms with Crippen molar-refractivity contribution in [3.8, 4) is 16.5 Å². The molecule has 3 rings (SSSR count). The van der Waals surface area contributed by atoms with Crippen LogP contribution in [0.25, 0.3) is 10.7 Å². The van der Waals surface area contributed by atoms with Crippen LogP contribution in [-0.4, -0.2) is 33.2 Å². The Balaban J connectivity index is 1.67. The molecule has 0 fully saturated rings. The zero-order valence-corrected chi connectivity index (χ0v) is 12.6. The molecular formula is C14H13N5O2S. The highest BCUT2D eigenvalue weighted by atomic mass is 32.1. The molecule has 0 aliphatic rings. The van der Waals surface area contributed by atoms with Gasteiger partial charge in [0.1, 0.15) is 12.3 Å². The van der Waals surface area contributed by atoms with Crippen LogP contribution in [0.15, 0.2) is 41.8 Å². The maximum absolute atomic E-state index is 12.1. The first-order chi connectivity index (χ1) is 10.8. The van der Waals surface area contributed by atoms with Gasteiger partial charge in [0, 0.05) is 0 Å². The largest absolute Gasteiger partial charge is 0.495 e. The number of benzene rings is 1. The Hall–Kier alpha value is -2.74. The number of hydrogen-bond acceptors (Lipinski definition) is 6. The molecular weight excluding hydrogens is 302 g/mol. The van der Waals surface area contributed by atoms with Crippen molar-refractivity contribution < 1.29 is 9.53 Å². The van der Waals surface area contributed by atoms with Gasteiger partial charge in [0.2, 0.25) is 11.7 Å². The molecule has 0 radical (unpaired) electrons. The number of hydrogen-bond donors (Lipinski definition) is 1. The number of nitrogens with one attached hydrogen (secondary N) is 1. The first-order valence-electron chi connectivity index (χ1n) is 6.51. The van der Waals surface area contributed by atoms with Crippen molar-refractivity contribution in [3.63, 3.8) is 0 Å². The van der Waals surface area contributed by atoms with E-state index in [0.29, 0.717) is 17.3 Å². The van der Waals surface area contributed by atoms with E-state index in [4.69, 9.17) is 4.74 Å². The van der Waals surface area contributed by atoms with Gasteiger partial charge in [-0.1, -0.05) is 18.2 Å². The zero-order valence-electron chi connectivity index (χ0n) is 11.8. The van der Waals surface area contributed by atoms with E-state index in [1.54, 1.807) is 19.2 Å². The average Bonchev–Trinajstić information content (AvgIpc) is 3.18. The number of thiophene rings is 1. The Morgan fingerprint density at radius 3 is 2.95 bits per heavy atom. The molecule has 22 heavy (non-hydrogen) atoms. The molecule has 1 amide bonds. The van der Waals surface area contributed by atoms with Gasteiger partial charge in [-0.05, 0) is 28.8 Å². The molecule has 7 nitrogen and oxygen atoms in total. The summed E-state index contributed by atoms with van der Waals surface area (Å²) in [5.41, 5.74) is 0.605. The lowest BCUT2D eigenvalue weighted by Crippen LogP contribution is -2.20. The maximum Gasteiger partial charge on any atom is 0.248 e. The van der Waals surface area contributed by atoms with Crippen LogP contribution < -0.4 is 10.1 Å². The van der Waals surface area contributed by atoms with Crippen LogP contribution in [0, 0.1) is 0 Å². The molecule has 8 heteroatoms. The third kappa shape index (κ3) is 3.12. The van der Waals surface area contributed by atoms with E-state index in [0.717, 1.165) is 4.88 Å². The lowest BCUT2D eigenvalue weighted by molar-refractivity contribution is -0.117. The monoisotopic (exact) mass is 315 g/mol. The minimum Gasteiger partial charge on any atom is -0.495 e. The van der Waals surface area contributed by atoms with Crippen LogP contribution >= 0.6 is 11.3 Å². The highest BCUT2D eigenvalue weighted by Crippen LogP contribution is 2.23. The van der Waals surface area contributed by atoms with Crippen LogP contribution in [-0.2, 0) is 11.3 Å². The summed E-state index contributed by atoms with van der Waals surface area (Å²) in [5.74, 6) is 0.862. The molecule has 0 spiro atoms. The van der Waals surface area contributed by atoms with E-state index in [-0.39, 0.29) is 12.5 Å². The molecule has 1 aromatic carbocycles. The molecule has 0 aliphatic heterocycles. The SMILES string of the molecule is COc1ccccc1NC(=O)Cn1nnc(-c2cccs2)n1. The Labute approximate surface area is 130 Å². The minimum atomic E-state index is -0.250. The molecule has 112 valence electrons. The second kappa shape index (κ2) is 6.35. The van der Waals surface area contributed by atoms with Crippen LogP contribution in [0.1, 0.15) is 0 Å². The predicted molar refractivity (Wildman–Crippen MR) is 82.8 cm³/mol. The average molecular weight is 315 g/mol. The Morgan fingerprint density at radius 1 is 1.32 bits per heavy atom. The van der Waals surface area contributed by atoms with Crippen LogP contribution in [0.4, 0.5) is 5.69 Å². The number of carbonyl (C=O) groups excluding carboxylic acids is 1. The van der Waals surface area contributed by atoms with Gasteiger partial charge in [-0.2, -0.15) is 4.80 Å². The molecule has 0 saturated heterocycles. The third-order valence-corrected chi connectivity index (χ3v) is 3.73. The first kappa shape index (κ1) is 14.2. The van der Waals surface area contributed by atoms with Crippen LogP contribution in [0.2, 0.25) is 0 Å². The van der Waals surface area contributed by atoms with Gasteiger partial charge in [0.05, 0.1) is 17.7 Å². The molecule has 2 heterocycles. The fourth-order valence-electron chi connectivity index (χ4n) is 1.88. The third-order valence-electron chi connectivity index (χ3n) is 2.86. The van der Waals surface area contributed by atoms with Gasteiger partial charge in [-0.25, -0.2) is 0 Å². The Kier molecular flexibility index (Phi) is 4.10. The summed E-state index contributed by atoms with van der Waals surface area (Å²) in [4.78, 5) is 14.2. The summed E-state index contributed by atoms with van der Waals surface area (Å²) >= 11 is 1.52. The highest BCUT2D eigenvalue weighted by Gasteiger charge is 2.11. The van der Waals surface area contributed by atoms with Crippen molar-refractivity contribution in [1.82, 2.24) is 20.2 Å². The number of methoxy groups -OCH3 is 1. The van der Waals surface area contributed by atoms with Crippen molar-refractivity contribution in [2.24, 2.45) is 0 Å². The summed E-state index contributed by atoms with van der Waals surface area (Å²) in [7, 11) is 1.55. The number of amides is 1. The summed E-state index contributed by atoms with van der Waals surface area (Å²) in [6, 6.07) is 11.0. The van der Waals surface area contributed by atoms with E-state index in [1.807, 2.05) is 29.6 Å². The summed E-state index contributed by atoms with van der Waals surface area (Å²) in [6.07, 6.45) is 0. The number of nitrogens with zero attached hydrogens (tertiary/aromatic N) is 4. The Bertz CT molecular complexity index is 769. The van der Waals surface area contributed by atoms with Gasteiger partial charge >= 0.3 is 0 Å². The van der Waals surface area contributed by atoms with E-state index in [1.165, 1.54) is 16.1 Å². The topological polar surface area (TPSA) is 81.9 Å². The summed E-state index contributed by atoms with van der Waals surface area (Å²) in [5, 5.41) is 16.7. The second-order valence-corrected chi connectivity index (χ2v) is 5.32. The van der Waals surface area contributed by atoms with Gasteiger partial charge in [0.25, 0.3) is 0 Å². The maximum atomic E-state index is 12.1. The number of rotatable bonds is 5. The van der Waals surface area contributed by atoms with Crippen molar-refractivity contribution in [3.05, 3.63) is 41.8 Å². The second-order valence-electron chi connectivity index (χ2n) is 4.37. The van der Waals surface area contributed by atoms with Crippen molar-refractivity contribution in [2.45, 2.75) is 6.54 Å². The normalized spacial score (nSPS) is 10.4. The van der Waals surface area contributed by atoms with Crippen LogP contribution in [0.5, 0.6) is 5.75 Å². The Morgan fingerprint density at radius 2 is 2.18 bits per heavy atom. The van der Waals surface area contributed by atoms with E-state index in [9.17, 15) is 4.79 Å². The predicted octanol–water partition coefficient (Wildman–Crippen LogP) is 2.05. The molecule has 0 bridgehead atoms. The van der Waals surface area contributed by atoms with E-state index < -0.39 is 0 Å². The summed E-state index contributed by atoms with van der Waals surface area (Å²) in [6.45, 7) is -0.0174. The molecule has 0 unspecified atom stereocenters. The van der Waals surface area contributed by atoms with Crippen molar-refractivity contribution in [2.75, 3.05) is 12.4 Å². The van der Waals surface area contributed by atoms with Gasteiger partial charge < -0.3 is 10.1 Å². The van der Waals surface area contributed by atoms with E-state index in [2.05, 4.69) is 20.7 Å². The van der Waals surface area contributed by atoms with Crippen molar-refractivity contribution >= 4 is 22.9 Å². The van der Waals surface area contributed by atoms with Crippen molar-refractivity contribution in [1.29, 1.82) is 0 Å². The number of para-hydroxylation sites is 2. The zero-order chi connectivity index (χ0) is 15.4. The van der Waals surface area contributed by atoms with E-state index >= 15 is 0 Å². The highest BCUT2D eigenvalue weighted by molar-refractivity contribution is 7.13. The fraction of sp³-hybridized carbons (Fsp3) is 0.143. The molecule has 0 saturated carbocycles. The van der Waals surface area contributed by atoms with Gasteiger partial charge in [-0.3, -0.25) is 4.79 Å². The lowest BCUT2D eigenvalue weighted by Gasteiger charge is -2.09. The number of tetrazole rings is 1. The number of ether oxygens (including phenoxy) is 1. The number of aromatic nitrogens is 4. The van der Waals surface area contributed by atoms with Gasteiger partial charge in [-0.15, -0.1) is 21.5 Å². The first-order valence-corrected chi connectivity index (χ1v) is 7.39. The number of anilines is 1. The summed E-state index contributed by atoms with van der Waals surface area (Å²) < 4.78 is 5.19. The quantitative estimate of drug-likeness (QED) is 0.779. The molecule has 2 aromatic heterocycles. The molecule has 1 N–H and O–H groups in total. The minimum absolute atomic E-state index is 0.0174. The standard InChI is InChI=1S/C14H13N5O2S/c1-21-11-6-3-2-5-10(11)15-13(20)9-19-17-14(16-18-19)12-7-4-8-22-12/h2-8H,9H2,1H3,(H,15,20). The lowest BCUT2D eigenvalue weighted by atomic mass is 10.3. The fourth-order valence-corrected chi connectivity index (χ4v) is 2.53. The van der Waals surface area contributed by atoms with Gasteiger partial charge in [0.15, 0.2) is 0 Å². The molecule has 0 atom stereocenters. The molecule has 3 aromatic rings. The number of carbonyl (C=O) groups is 1. The van der Waals surface area contributed by atoms with Crippen LogP contribution in [0.3, 0.4) is 0 Å².